The average Bonchev–Trinajstić information content (AvgIpc) is 3.27. The molecule has 0 aliphatic rings. The number of fused-ring (bicyclic) bond motifs is 1. The first-order valence-corrected chi connectivity index (χ1v) is 12.4. The van der Waals surface area contributed by atoms with Gasteiger partial charge >= 0.3 is 5.97 Å². The molecule has 4 rings (SSSR count). The van der Waals surface area contributed by atoms with E-state index in [9.17, 15) is 19.7 Å². The molecule has 0 saturated carbocycles. The van der Waals surface area contributed by atoms with Gasteiger partial charge in [0.2, 0.25) is 0 Å². The predicted molar refractivity (Wildman–Crippen MR) is 136 cm³/mol. The van der Waals surface area contributed by atoms with Crippen LogP contribution in [0.15, 0.2) is 75.3 Å². The Bertz CT molecular complexity index is 1410. The fraction of sp³-hybridized carbons (Fsp3) is 0.160. The molecule has 0 fully saturated rings. The van der Waals surface area contributed by atoms with E-state index in [1.165, 1.54) is 23.5 Å². The number of carbonyl (C=O) groups is 2. The molecule has 0 aliphatic heterocycles. The van der Waals surface area contributed by atoms with Crippen LogP contribution in [0.1, 0.15) is 23.0 Å². The van der Waals surface area contributed by atoms with E-state index in [0.29, 0.717) is 15.8 Å². The summed E-state index contributed by atoms with van der Waals surface area (Å²) in [6.07, 6.45) is 0. The molecule has 0 spiro atoms. The molecule has 0 bridgehead atoms. The minimum Gasteiger partial charge on any atom is -0.452 e. The Kier molecular flexibility index (Phi) is 7.42. The van der Waals surface area contributed by atoms with Gasteiger partial charge in [0, 0.05) is 29.1 Å². The van der Waals surface area contributed by atoms with Gasteiger partial charge in [0.25, 0.3) is 11.6 Å². The molecule has 0 atom stereocenters. The van der Waals surface area contributed by atoms with Gasteiger partial charge in [0.15, 0.2) is 10.9 Å². The second-order valence-corrected chi connectivity index (χ2v) is 9.66. The Morgan fingerprint density at radius 2 is 1.91 bits per heavy atom. The maximum atomic E-state index is 12.9. The minimum absolute atomic E-state index is 0.00243. The SMILES string of the molecule is CCN(C(=O)COC(=O)c1ccc(Sc2nc(C)cs2)c([N+](=O)[O-])c1)c1cccc2ccccc12. The summed E-state index contributed by atoms with van der Waals surface area (Å²) in [6.45, 7) is 3.58. The van der Waals surface area contributed by atoms with Crippen molar-refractivity contribution in [2.24, 2.45) is 0 Å². The van der Waals surface area contributed by atoms with Crippen LogP contribution in [-0.4, -0.2) is 34.9 Å². The third-order valence-corrected chi connectivity index (χ3v) is 7.31. The Labute approximate surface area is 209 Å². The molecule has 1 heterocycles. The number of hydrogen-bond acceptors (Lipinski definition) is 8. The van der Waals surface area contributed by atoms with Gasteiger partial charge in [-0.15, -0.1) is 11.3 Å². The summed E-state index contributed by atoms with van der Waals surface area (Å²) in [5, 5.41) is 15.4. The number of nitro groups is 1. The summed E-state index contributed by atoms with van der Waals surface area (Å²) in [6, 6.07) is 17.5. The molecule has 0 aliphatic carbocycles. The minimum atomic E-state index is -0.808. The monoisotopic (exact) mass is 507 g/mol. The fourth-order valence-electron chi connectivity index (χ4n) is 3.56. The van der Waals surface area contributed by atoms with Crippen LogP contribution in [0.3, 0.4) is 0 Å². The van der Waals surface area contributed by atoms with Crippen LogP contribution in [-0.2, 0) is 9.53 Å². The zero-order valence-electron chi connectivity index (χ0n) is 19.0. The van der Waals surface area contributed by atoms with Crippen molar-refractivity contribution < 1.29 is 19.2 Å². The molecule has 0 N–H and O–H groups in total. The molecule has 8 nitrogen and oxygen atoms in total. The Hall–Kier alpha value is -3.76. The van der Waals surface area contributed by atoms with Crippen LogP contribution in [0.4, 0.5) is 11.4 Å². The first-order valence-electron chi connectivity index (χ1n) is 10.7. The number of likely N-dealkylation sites (N-methyl/N-ethyl adjacent to an activating group) is 1. The lowest BCUT2D eigenvalue weighted by molar-refractivity contribution is -0.387. The topological polar surface area (TPSA) is 103 Å². The van der Waals surface area contributed by atoms with Crippen molar-refractivity contribution in [3.63, 3.8) is 0 Å². The van der Waals surface area contributed by atoms with Crippen molar-refractivity contribution >= 4 is 57.1 Å². The number of ether oxygens (including phenoxy) is 1. The molecule has 4 aromatic rings. The average molecular weight is 508 g/mol. The summed E-state index contributed by atoms with van der Waals surface area (Å²) >= 11 is 2.55. The van der Waals surface area contributed by atoms with E-state index in [2.05, 4.69) is 4.98 Å². The highest BCUT2D eigenvalue weighted by molar-refractivity contribution is 8.01. The van der Waals surface area contributed by atoms with Gasteiger partial charge in [-0.25, -0.2) is 9.78 Å². The zero-order valence-corrected chi connectivity index (χ0v) is 20.6. The number of rotatable bonds is 8. The van der Waals surface area contributed by atoms with Crippen molar-refractivity contribution in [1.29, 1.82) is 0 Å². The van der Waals surface area contributed by atoms with Gasteiger partial charge in [0.1, 0.15) is 0 Å². The molecule has 1 amide bonds. The van der Waals surface area contributed by atoms with Crippen LogP contribution in [0.2, 0.25) is 0 Å². The van der Waals surface area contributed by atoms with Gasteiger partial charge in [-0.05, 0) is 37.4 Å². The zero-order chi connectivity index (χ0) is 24.9. The number of carbonyl (C=O) groups excluding carboxylic acids is 2. The van der Waals surface area contributed by atoms with E-state index in [4.69, 9.17) is 4.74 Å². The van der Waals surface area contributed by atoms with E-state index < -0.39 is 23.4 Å². The number of anilines is 1. The molecule has 1 aromatic heterocycles. The fourth-order valence-corrected chi connectivity index (χ4v) is 5.44. The van der Waals surface area contributed by atoms with E-state index in [-0.39, 0.29) is 11.3 Å². The van der Waals surface area contributed by atoms with E-state index in [1.54, 1.807) is 4.90 Å². The molecule has 0 unspecified atom stereocenters. The van der Waals surface area contributed by atoms with Crippen LogP contribution < -0.4 is 4.90 Å². The Morgan fingerprint density at radius 3 is 2.63 bits per heavy atom. The third kappa shape index (κ3) is 5.50. The smallest absolute Gasteiger partial charge is 0.338 e. The highest BCUT2D eigenvalue weighted by Crippen LogP contribution is 2.37. The molecular formula is C25H21N3O5S2. The van der Waals surface area contributed by atoms with Crippen molar-refractivity contribution in [2.45, 2.75) is 23.1 Å². The number of hydrogen-bond donors (Lipinski definition) is 0. The quantitative estimate of drug-likeness (QED) is 0.167. The summed E-state index contributed by atoms with van der Waals surface area (Å²) in [5.41, 5.74) is 1.32. The maximum Gasteiger partial charge on any atom is 0.338 e. The lowest BCUT2D eigenvalue weighted by atomic mass is 10.1. The lowest BCUT2D eigenvalue weighted by Crippen LogP contribution is -2.34. The van der Waals surface area contributed by atoms with Gasteiger partial charge in [0.05, 0.1) is 21.1 Å². The predicted octanol–water partition coefficient (Wildman–Crippen LogP) is 5.87. The molecule has 178 valence electrons. The summed E-state index contributed by atoms with van der Waals surface area (Å²) in [4.78, 5) is 42.8. The van der Waals surface area contributed by atoms with Gasteiger partial charge in [-0.2, -0.15) is 0 Å². The van der Waals surface area contributed by atoms with Crippen molar-refractivity contribution in [1.82, 2.24) is 4.98 Å². The molecule has 0 radical (unpaired) electrons. The van der Waals surface area contributed by atoms with Crippen LogP contribution >= 0.6 is 23.1 Å². The van der Waals surface area contributed by atoms with Crippen LogP contribution in [0, 0.1) is 17.0 Å². The van der Waals surface area contributed by atoms with Crippen molar-refractivity contribution in [3.8, 4) is 0 Å². The molecule has 3 aromatic carbocycles. The molecule has 10 heteroatoms. The number of thiazole rings is 1. The largest absolute Gasteiger partial charge is 0.452 e. The number of amides is 1. The van der Waals surface area contributed by atoms with Gasteiger partial charge in [-0.1, -0.05) is 48.2 Å². The summed E-state index contributed by atoms with van der Waals surface area (Å²) in [7, 11) is 0. The molecular weight excluding hydrogens is 486 g/mol. The Morgan fingerprint density at radius 1 is 1.14 bits per heavy atom. The second kappa shape index (κ2) is 10.7. The number of aromatic nitrogens is 1. The lowest BCUT2D eigenvalue weighted by Gasteiger charge is -2.22. The first kappa shape index (κ1) is 24.4. The normalized spacial score (nSPS) is 10.8. The highest BCUT2D eigenvalue weighted by atomic mass is 32.2. The highest BCUT2D eigenvalue weighted by Gasteiger charge is 2.22. The summed E-state index contributed by atoms with van der Waals surface area (Å²) in [5.74, 6) is -1.20. The number of aryl methyl sites for hydroxylation is 1. The Balaban J connectivity index is 1.48. The second-order valence-electron chi connectivity index (χ2n) is 7.51. The van der Waals surface area contributed by atoms with Crippen molar-refractivity contribution in [2.75, 3.05) is 18.1 Å². The molecule has 35 heavy (non-hydrogen) atoms. The van der Waals surface area contributed by atoms with Crippen LogP contribution in [0.5, 0.6) is 0 Å². The van der Waals surface area contributed by atoms with E-state index >= 15 is 0 Å². The maximum absolute atomic E-state index is 12.9. The number of esters is 1. The van der Waals surface area contributed by atoms with Gasteiger partial charge in [-0.3, -0.25) is 14.9 Å². The number of benzene rings is 3. The van der Waals surface area contributed by atoms with Gasteiger partial charge < -0.3 is 9.64 Å². The first-order chi connectivity index (χ1) is 16.9. The number of nitrogens with zero attached hydrogens (tertiary/aromatic N) is 3. The molecule has 0 saturated heterocycles. The standard InChI is InChI=1S/C25H21N3O5S2/c1-3-27(20-10-6-8-17-7-4-5-9-19(17)20)23(29)14-33-24(30)18-11-12-22(21(13-18)28(31)32)35-25-26-16(2)15-34-25/h4-13,15H,3,14H2,1-2H3. The number of nitro benzene ring substituents is 1. The van der Waals surface area contributed by atoms with E-state index in [0.717, 1.165) is 40.0 Å². The van der Waals surface area contributed by atoms with E-state index in [1.807, 2.05) is 61.7 Å². The van der Waals surface area contributed by atoms with Crippen molar-refractivity contribution in [3.05, 3.63) is 87.4 Å². The van der Waals surface area contributed by atoms with Crippen LogP contribution in [0.25, 0.3) is 10.8 Å². The summed E-state index contributed by atoms with van der Waals surface area (Å²) < 4.78 is 5.90. The third-order valence-electron chi connectivity index (χ3n) is 5.19.